The van der Waals surface area contributed by atoms with Gasteiger partial charge in [0.05, 0.1) is 0 Å². The normalized spacial score (nSPS) is 34.0. The van der Waals surface area contributed by atoms with E-state index in [0.717, 1.165) is 0 Å². The number of amides is 2. The Morgan fingerprint density at radius 3 is 2.45 bits per heavy atom. The zero-order valence-corrected chi connectivity index (χ0v) is 13.2. The Bertz CT molecular complexity index is 390. The summed E-state index contributed by atoms with van der Waals surface area (Å²) in [5, 5.41) is 2.90. The summed E-state index contributed by atoms with van der Waals surface area (Å²) in [6.45, 7) is 7.78. The molecule has 20 heavy (non-hydrogen) atoms. The van der Waals surface area contributed by atoms with Gasteiger partial charge in [0.15, 0.2) is 0 Å². The van der Waals surface area contributed by atoms with Gasteiger partial charge in [-0.3, -0.25) is 9.59 Å². The van der Waals surface area contributed by atoms with Gasteiger partial charge in [0.2, 0.25) is 11.8 Å². The topological polar surface area (TPSA) is 49.4 Å². The lowest BCUT2D eigenvalue weighted by Gasteiger charge is -2.48. The molecule has 0 radical (unpaired) electrons. The van der Waals surface area contributed by atoms with Gasteiger partial charge in [-0.1, -0.05) is 26.2 Å². The molecule has 114 valence electrons. The molecule has 1 aliphatic heterocycles. The summed E-state index contributed by atoms with van der Waals surface area (Å²) in [6.07, 6.45) is 6.81. The highest BCUT2D eigenvalue weighted by atomic mass is 16.2. The van der Waals surface area contributed by atoms with Crippen molar-refractivity contribution in [3.8, 4) is 0 Å². The van der Waals surface area contributed by atoms with Crippen LogP contribution in [0, 0.1) is 5.92 Å². The van der Waals surface area contributed by atoms with E-state index in [0.29, 0.717) is 12.3 Å². The highest BCUT2D eigenvalue weighted by molar-refractivity contribution is 5.99. The number of piperazine rings is 1. The van der Waals surface area contributed by atoms with E-state index in [2.05, 4.69) is 12.2 Å². The third-order valence-electron chi connectivity index (χ3n) is 5.38. The van der Waals surface area contributed by atoms with E-state index in [4.69, 9.17) is 0 Å². The van der Waals surface area contributed by atoms with Crippen LogP contribution in [0.1, 0.15) is 66.2 Å². The number of nitrogens with zero attached hydrogens (tertiary/aromatic N) is 1. The molecular formula is C16H28N2O2. The average Bonchev–Trinajstić information content (AvgIpc) is 2.46. The molecule has 0 spiro atoms. The first kappa shape index (κ1) is 15.3. The first-order valence-corrected chi connectivity index (χ1v) is 8.05. The van der Waals surface area contributed by atoms with Crippen molar-refractivity contribution in [1.29, 1.82) is 0 Å². The molecule has 0 aromatic rings. The van der Waals surface area contributed by atoms with Crippen molar-refractivity contribution < 1.29 is 9.59 Å². The predicted molar refractivity (Wildman–Crippen MR) is 79.2 cm³/mol. The van der Waals surface area contributed by atoms with Gasteiger partial charge in [-0.05, 0) is 46.0 Å². The van der Waals surface area contributed by atoms with Crippen molar-refractivity contribution in [3.63, 3.8) is 0 Å². The lowest BCUT2D eigenvalue weighted by molar-refractivity contribution is -0.157. The molecule has 4 heteroatoms. The fourth-order valence-electron chi connectivity index (χ4n) is 3.64. The Hall–Kier alpha value is -1.06. The monoisotopic (exact) mass is 280 g/mol. The smallest absolute Gasteiger partial charge is 0.248 e. The van der Waals surface area contributed by atoms with E-state index in [1.165, 1.54) is 32.1 Å². The van der Waals surface area contributed by atoms with Gasteiger partial charge < -0.3 is 10.2 Å². The molecular weight excluding hydrogens is 252 g/mol. The van der Waals surface area contributed by atoms with E-state index in [-0.39, 0.29) is 23.9 Å². The maximum atomic E-state index is 12.8. The second-order valence-electron chi connectivity index (χ2n) is 6.70. The molecule has 3 unspecified atom stereocenters. The first-order chi connectivity index (χ1) is 9.40. The molecule has 0 bridgehead atoms. The molecule has 0 aromatic heterocycles. The molecule has 1 saturated carbocycles. The number of carbonyl (C=O) groups excluding carboxylic acids is 2. The van der Waals surface area contributed by atoms with Gasteiger partial charge in [0.1, 0.15) is 11.6 Å². The van der Waals surface area contributed by atoms with Gasteiger partial charge in [0, 0.05) is 6.04 Å². The minimum Gasteiger partial charge on any atom is -0.340 e. The summed E-state index contributed by atoms with van der Waals surface area (Å²) in [4.78, 5) is 26.9. The minimum atomic E-state index is -0.730. The van der Waals surface area contributed by atoms with Crippen LogP contribution >= 0.6 is 0 Å². The van der Waals surface area contributed by atoms with Crippen molar-refractivity contribution >= 4 is 11.8 Å². The maximum absolute atomic E-state index is 12.8. The molecule has 1 N–H and O–H groups in total. The Balaban J connectivity index is 2.22. The summed E-state index contributed by atoms with van der Waals surface area (Å²) < 4.78 is 0. The SMILES string of the molecule is CCC1(C)NC(=O)C(C)N(C(C)C2CCCCC2)C1=O. The van der Waals surface area contributed by atoms with Crippen LogP contribution in [-0.4, -0.2) is 34.3 Å². The maximum Gasteiger partial charge on any atom is 0.248 e. The van der Waals surface area contributed by atoms with Crippen LogP contribution in [0.15, 0.2) is 0 Å². The van der Waals surface area contributed by atoms with Crippen molar-refractivity contribution in [3.05, 3.63) is 0 Å². The Morgan fingerprint density at radius 1 is 1.30 bits per heavy atom. The number of hydrogen-bond acceptors (Lipinski definition) is 2. The van der Waals surface area contributed by atoms with Gasteiger partial charge in [-0.2, -0.15) is 0 Å². The molecule has 1 saturated heterocycles. The second-order valence-corrected chi connectivity index (χ2v) is 6.70. The van der Waals surface area contributed by atoms with E-state index in [9.17, 15) is 9.59 Å². The third-order valence-corrected chi connectivity index (χ3v) is 5.38. The van der Waals surface area contributed by atoms with Gasteiger partial charge >= 0.3 is 0 Å². The standard InChI is InChI=1S/C16H28N2O2/c1-5-16(4)15(20)18(12(3)14(19)17-16)11(2)13-9-7-6-8-10-13/h11-13H,5-10H2,1-4H3,(H,17,19). The largest absolute Gasteiger partial charge is 0.340 e. The molecule has 1 aliphatic carbocycles. The van der Waals surface area contributed by atoms with Crippen LogP contribution in [-0.2, 0) is 9.59 Å². The summed E-state index contributed by atoms with van der Waals surface area (Å²) in [5.74, 6) is 0.615. The van der Waals surface area contributed by atoms with Crippen LogP contribution < -0.4 is 5.32 Å². The van der Waals surface area contributed by atoms with Crippen molar-refractivity contribution in [2.24, 2.45) is 5.92 Å². The molecule has 2 amide bonds. The number of nitrogens with one attached hydrogen (secondary N) is 1. The molecule has 0 aromatic carbocycles. The summed E-state index contributed by atoms with van der Waals surface area (Å²) >= 11 is 0. The number of hydrogen-bond donors (Lipinski definition) is 1. The Kier molecular flexibility index (Phi) is 4.40. The quantitative estimate of drug-likeness (QED) is 0.863. The van der Waals surface area contributed by atoms with Crippen LogP contribution in [0.3, 0.4) is 0 Å². The minimum absolute atomic E-state index is 0.0170. The molecule has 1 heterocycles. The number of carbonyl (C=O) groups is 2. The van der Waals surface area contributed by atoms with E-state index < -0.39 is 5.54 Å². The summed E-state index contributed by atoms with van der Waals surface area (Å²) in [5.41, 5.74) is -0.730. The Morgan fingerprint density at radius 2 is 1.90 bits per heavy atom. The van der Waals surface area contributed by atoms with Gasteiger partial charge in [-0.25, -0.2) is 0 Å². The average molecular weight is 280 g/mol. The zero-order valence-electron chi connectivity index (χ0n) is 13.2. The predicted octanol–water partition coefficient (Wildman–Crippen LogP) is 2.47. The molecule has 2 rings (SSSR count). The molecule has 2 aliphatic rings. The zero-order chi connectivity index (χ0) is 14.9. The summed E-state index contributed by atoms with van der Waals surface area (Å²) in [6, 6.07) is -0.186. The Labute approximate surface area is 122 Å². The number of rotatable bonds is 3. The highest BCUT2D eigenvalue weighted by Crippen LogP contribution is 2.32. The highest BCUT2D eigenvalue weighted by Gasteiger charge is 2.47. The molecule has 3 atom stereocenters. The van der Waals surface area contributed by atoms with Crippen molar-refractivity contribution in [2.75, 3.05) is 0 Å². The lowest BCUT2D eigenvalue weighted by atomic mass is 9.81. The van der Waals surface area contributed by atoms with Crippen LogP contribution in [0.4, 0.5) is 0 Å². The van der Waals surface area contributed by atoms with E-state index in [1.807, 2.05) is 25.7 Å². The fraction of sp³-hybridized carbons (Fsp3) is 0.875. The lowest BCUT2D eigenvalue weighted by Crippen LogP contribution is -2.70. The second kappa shape index (κ2) is 5.74. The third kappa shape index (κ3) is 2.57. The fourth-order valence-corrected chi connectivity index (χ4v) is 3.64. The van der Waals surface area contributed by atoms with Crippen molar-refractivity contribution in [1.82, 2.24) is 10.2 Å². The van der Waals surface area contributed by atoms with Crippen LogP contribution in [0.5, 0.6) is 0 Å². The summed E-state index contributed by atoms with van der Waals surface area (Å²) in [7, 11) is 0. The van der Waals surface area contributed by atoms with Gasteiger partial charge in [0.25, 0.3) is 0 Å². The molecule has 4 nitrogen and oxygen atoms in total. The van der Waals surface area contributed by atoms with Crippen LogP contribution in [0.25, 0.3) is 0 Å². The first-order valence-electron chi connectivity index (χ1n) is 8.05. The van der Waals surface area contributed by atoms with E-state index >= 15 is 0 Å². The molecule has 2 fully saturated rings. The van der Waals surface area contributed by atoms with Gasteiger partial charge in [-0.15, -0.1) is 0 Å². The van der Waals surface area contributed by atoms with Crippen LogP contribution in [0.2, 0.25) is 0 Å². The van der Waals surface area contributed by atoms with E-state index in [1.54, 1.807) is 0 Å². The van der Waals surface area contributed by atoms with Crippen molar-refractivity contribution in [2.45, 2.75) is 83.8 Å².